The van der Waals surface area contributed by atoms with Gasteiger partial charge in [-0.05, 0) is 45.1 Å². The molecule has 33 heavy (non-hydrogen) atoms. The Morgan fingerprint density at radius 3 is 2.45 bits per heavy atom. The van der Waals surface area contributed by atoms with E-state index in [1.54, 1.807) is 26.0 Å². The lowest BCUT2D eigenvalue weighted by Crippen LogP contribution is -2.50. The maximum Gasteiger partial charge on any atom is 0.305 e. The number of aliphatic hydroxyl groups is 1. The summed E-state index contributed by atoms with van der Waals surface area (Å²) in [5, 5.41) is 15.3. The van der Waals surface area contributed by atoms with Gasteiger partial charge in [0.25, 0.3) is 0 Å². The molecular formula is C26H38N2O5. The fourth-order valence-corrected chi connectivity index (χ4v) is 3.25. The number of aliphatic hydroxyl groups excluding tert-OH is 1. The fourth-order valence-electron chi connectivity index (χ4n) is 3.25. The van der Waals surface area contributed by atoms with Crippen LogP contribution in [0.3, 0.4) is 0 Å². The summed E-state index contributed by atoms with van der Waals surface area (Å²) in [5.74, 6) is -1.59. The van der Waals surface area contributed by atoms with E-state index in [4.69, 9.17) is 4.74 Å². The molecule has 1 aromatic carbocycles. The van der Waals surface area contributed by atoms with Gasteiger partial charge in [0, 0.05) is 12.8 Å². The lowest BCUT2D eigenvalue weighted by Gasteiger charge is -2.28. The zero-order valence-electron chi connectivity index (χ0n) is 19.8. The van der Waals surface area contributed by atoms with Gasteiger partial charge >= 0.3 is 5.97 Å². The van der Waals surface area contributed by atoms with E-state index >= 15 is 0 Å². The van der Waals surface area contributed by atoms with E-state index in [1.807, 2.05) is 30.3 Å². The second-order valence-electron chi connectivity index (χ2n) is 8.78. The Labute approximate surface area is 197 Å². The molecule has 3 N–H and O–H groups in total. The Bertz CT molecular complexity index is 776. The zero-order valence-corrected chi connectivity index (χ0v) is 19.8. The number of amides is 2. The van der Waals surface area contributed by atoms with Crippen molar-refractivity contribution in [3.63, 3.8) is 0 Å². The Balaban J connectivity index is 2.60. The summed E-state index contributed by atoms with van der Waals surface area (Å²) in [5.41, 5.74) is 0.209. The average molecular weight is 459 g/mol. The first kappa shape index (κ1) is 28.1. The van der Waals surface area contributed by atoms with Crippen LogP contribution in [-0.2, 0) is 25.5 Å². The number of unbranched alkanes of at least 4 members (excludes halogenated alkanes) is 1. The van der Waals surface area contributed by atoms with E-state index < -0.39 is 17.5 Å². The highest BCUT2D eigenvalue weighted by molar-refractivity contribution is 5.86. The third kappa shape index (κ3) is 12.0. The van der Waals surface area contributed by atoms with Gasteiger partial charge in [-0.15, -0.1) is 13.2 Å². The molecule has 1 aromatic rings. The maximum atomic E-state index is 12.8. The molecule has 0 aliphatic rings. The molecule has 0 heterocycles. The van der Waals surface area contributed by atoms with Crippen molar-refractivity contribution in [3.8, 4) is 0 Å². The lowest BCUT2D eigenvalue weighted by molar-refractivity contribution is -0.146. The van der Waals surface area contributed by atoms with Crippen molar-refractivity contribution in [2.24, 2.45) is 5.92 Å². The maximum absolute atomic E-state index is 12.8. The van der Waals surface area contributed by atoms with Crippen LogP contribution in [0.2, 0.25) is 0 Å². The minimum atomic E-state index is -0.790. The number of rotatable bonds is 16. The molecule has 1 rings (SSSR count). The zero-order chi connectivity index (χ0) is 24.7. The van der Waals surface area contributed by atoms with Crippen LogP contribution in [0.4, 0.5) is 0 Å². The van der Waals surface area contributed by atoms with Crippen molar-refractivity contribution >= 4 is 17.8 Å². The largest absolute Gasteiger partial charge is 0.463 e. The normalized spacial score (nSPS) is 12.8. The monoisotopic (exact) mass is 458 g/mol. The van der Waals surface area contributed by atoms with Gasteiger partial charge in [-0.2, -0.15) is 0 Å². The molecule has 0 aliphatic heterocycles. The molecule has 0 radical (unpaired) electrons. The lowest BCUT2D eigenvalue weighted by atomic mass is 9.97. The van der Waals surface area contributed by atoms with Crippen molar-refractivity contribution in [2.45, 2.75) is 64.0 Å². The number of esters is 1. The van der Waals surface area contributed by atoms with E-state index in [-0.39, 0.29) is 37.4 Å². The van der Waals surface area contributed by atoms with Crippen LogP contribution < -0.4 is 10.6 Å². The van der Waals surface area contributed by atoms with E-state index in [0.717, 1.165) is 12.0 Å². The topological polar surface area (TPSA) is 105 Å². The quantitative estimate of drug-likeness (QED) is 0.201. The van der Waals surface area contributed by atoms with E-state index in [9.17, 15) is 19.5 Å². The number of benzene rings is 1. The van der Waals surface area contributed by atoms with Crippen LogP contribution in [0.5, 0.6) is 0 Å². The Hall–Kier alpha value is -2.93. The smallest absolute Gasteiger partial charge is 0.305 e. The number of allylic oxidation sites excluding steroid dienone is 2. The van der Waals surface area contributed by atoms with Gasteiger partial charge in [0.15, 0.2) is 0 Å². The van der Waals surface area contributed by atoms with Crippen LogP contribution in [-0.4, -0.2) is 47.7 Å². The van der Waals surface area contributed by atoms with Crippen molar-refractivity contribution in [1.82, 2.24) is 10.6 Å². The van der Waals surface area contributed by atoms with Crippen molar-refractivity contribution in [3.05, 3.63) is 61.2 Å². The minimum absolute atomic E-state index is 0.0301. The number of carbonyl (C=O) groups excluding carboxylic acids is 3. The molecule has 182 valence electrons. The van der Waals surface area contributed by atoms with Gasteiger partial charge < -0.3 is 20.5 Å². The SMILES string of the molecule is C=CCCCC(=O)OCC(C)(C)NC(=O)[C@H](CC=C)CC(=O)N[C@@H](CO)Cc1ccccc1. The Kier molecular flexibility index (Phi) is 12.8. The third-order valence-corrected chi connectivity index (χ3v) is 5.01. The van der Waals surface area contributed by atoms with Gasteiger partial charge in [-0.3, -0.25) is 14.4 Å². The molecule has 0 spiro atoms. The average Bonchev–Trinajstić information content (AvgIpc) is 2.77. The summed E-state index contributed by atoms with van der Waals surface area (Å²) in [7, 11) is 0. The van der Waals surface area contributed by atoms with Gasteiger partial charge in [0.05, 0.1) is 24.1 Å². The van der Waals surface area contributed by atoms with Gasteiger partial charge in [0.2, 0.25) is 11.8 Å². The number of hydrogen-bond acceptors (Lipinski definition) is 5. The molecule has 0 saturated heterocycles. The number of nitrogens with one attached hydrogen (secondary N) is 2. The minimum Gasteiger partial charge on any atom is -0.463 e. The van der Waals surface area contributed by atoms with Crippen LogP contribution in [0.15, 0.2) is 55.6 Å². The molecule has 2 atom stereocenters. The number of hydrogen-bond donors (Lipinski definition) is 3. The van der Waals surface area contributed by atoms with Crippen molar-refractivity contribution in [2.75, 3.05) is 13.2 Å². The summed E-state index contributed by atoms with van der Waals surface area (Å²) >= 11 is 0. The van der Waals surface area contributed by atoms with E-state index in [0.29, 0.717) is 25.7 Å². The van der Waals surface area contributed by atoms with E-state index in [1.165, 1.54) is 0 Å². The number of carbonyl (C=O) groups is 3. The molecule has 0 bridgehead atoms. The predicted octanol–water partition coefficient (Wildman–Crippen LogP) is 3.08. The standard InChI is InChI=1S/C26H38N2O5/c1-5-7-9-15-24(31)33-19-26(3,4)28-25(32)21(12-6-2)17-23(30)27-22(18-29)16-20-13-10-8-11-14-20/h5-6,8,10-11,13-14,21-22,29H,1-2,7,9,12,15-19H2,3-4H3,(H,27,30)(H,28,32)/t21-,22-/m1/s1. The molecule has 0 unspecified atom stereocenters. The van der Waals surface area contributed by atoms with Gasteiger partial charge in [-0.1, -0.05) is 42.5 Å². The van der Waals surface area contributed by atoms with Gasteiger partial charge in [0.1, 0.15) is 6.61 Å². The predicted molar refractivity (Wildman–Crippen MR) is 129 cm³/mol. The summed E-state index contributed by atoms with van der Waals surface area (Å²) in [6, 6.07) is 9.12. The van der Waals surface area contributed by atoms with Crippen LogP contribution >= 0.6 is 0 Å². The summed E-state index contributed by atoms with van der Waals surface area (Å²) in [4.78, 5) is 37.3. The summed E-state index contributed by atoms with van der Waals surface area (Å²) in [6.07, 6.45) is 5.82. The highest BCUT2D eigenvalue weighted by atomic mass is 16.5. The Morgan fingerprint density at radius 1 is 1.15 bits per heavy atom. The number of ether oxygens (including phenoxy) is 1. The second kappa shape index (κ2) is 15.0. The van der Waals surface area contributed by atoms with Crippen LogP contribution in [0, 0.1) is 5.92 Å². The highest BCUT2D eigenvalue weighted by Gasteiger charge is 2.28. The first-order valence-corrected chi connectivity index (χ1v) is 11.3. The molecule has 0 aromatic heterocycles. The van der Waals surface area contributed by atoms with Crippen molar-refractivity contribution < 1.29 is 24.2 Å². The molecule has 2 amide bonds. The van der Waals surface area contributed by atoms with Gasteiger partial charge in [-0.25, -0.2) is 0 Å². The molecule has 0 aliphatic carbocycles. The molecule has 0 saturated carbocycles. The first-order valence-electron chi connectivity index (χ1n) is 11.3. The fraction of sp³-hybridized carbons (Fsp3) is 0.500. The third-order valence-electron chi connectivity index (χ3n) is 5.01. The Morgan fingerprint density at radius 2 is 1.85 bits per heavy atom. The van der Waals surface area contributed by atoms with Crippen molar-refractivity contribution in [1.29, 1.82) is 0 Å². The second-order valence-corrected chi connectivity index (χ2v) is 8.78. The van der Waals surface area contributed by atoms with Crippen LogP contribution in [0.1, 0.15) is 51.5 Å². The summed E-state index contributed by atoms with van der Waals surface area (Å²) < 4.78 is 5.28. The van der Waals surface area contributed by atoms with E-state index in [2.05, 4.69) is 23.8 Å². The first-order chi connectivity index (χ1) is 15.7. The molecule has 7 nitrogen and oxygen atoms in total. The molecule has 0 fully saturated rings. The molecular weight excluding hydrogens is 420 g/mol. The van der Waals surface area contributed by atoms with Crippen LogP contribution in [0.25, 0.3) is 0 Å². The highest BCUT2D eigenvalue weighted by Crippen LogP contribution is 2.14. The molecule has 7 heteroatoms. The summed E-state index contributed by atoms with van der Waals surface area (Å²) in [6.45, 7) is 10.6.